The molecule has 0 spiro atoms. The van der Waals surface area contributed by atoms with Crippen molar-refractivity contribution in [3.05, 3.63) is 22.9 Å². The van der Waals surface area contributed by atoms with Crippen LogP contribution in [0, 0.1) is 0 Å². The van der Waals surface area contributed by atoms with Gasteiger partial charge in [0.2, 0.25) is 0 Å². The molecule has 1 aliphatic heterocycles. The molecule has 1 aliphatic rings. The monoisotopic (exact) mass is 230 g/mol. The molecule has 2 N–H and O–H groups in total. The van der Waals surface area contributed by atoms with Gasteiger partial charge in [-0.05, 0) is 22.0 Å². The van der Waals surface area contributed by atoms with Gasteiger partial charge in [0.1, 0.15) is 0 Å². The smallest absolute Gasteiger partial charge is 0.0738 e. The van der Waals surface area contributed by atoms with Gasteiger partial charge in [-0.2, -0.15) is 0 Å². The zero-order valence-electron chi connectivity index (χ0n) is 6.61. The van der Waals surface area contributed by atoms with E-state index < -0.39 is 0 Å². The third kappa shape index (κ3) is 1.42. The van der Waals surface area contributed by atoms with Crippen molar-refractivity contribution >= 4 is 15.9 Å². The van der Waals surface area contributed by atoms with Gasteiger partial charge in [0, 0.05) is 16.9 Å². The fourth-order valence-electron chi connectivity index (χ4n) is 1.46. The van der Waals surface area contributed by atoms with E-state index in [1.165, 1.54) is 0 Å². The van der Waals surface area contributed by atoms with Gasteiger partial charge < -0.3 is 15.0 Å². The average molecular weight is 231 g/mol. The number of nitrogens with zero attached hydrogens (tertiary/aromatic N) is 1. The first-order valence-corrected chi connectivity index (χ1v) is 4.73. The Balaban J connectivity index is 2.19. The molecule has 0 radical (unpaired) electrons. The van der Waals surface area contributed by atoms with E-state index >= 15 is 0 Å². The molecule has 0 bridgehead atoms. The van der Waals surface area contributed by atoms with Gasteiger partial charge in [0.25, 0.3) is 0 Å². The second-order valence-electron chi connectivity index (χ2n) is 3.05. The lowest BCUT2D eigenvalue weighted by Gasteiger charge is -2.14. The number of ether oxygens (including phenoxy) is 1. The first-order valence-electron chi connectivity index (χ1n) is 3.93. The summed E-state index contributed by atoms with van der Waals surface area (Å²) in [6.45, 7) is 1.39. The third-order valence-corrected chi connectivity index (χ3v) is 2.62. The number of nitrogens with two attached hydrogens (primary N) is 1. The van der Waals surface area contributed by atoms with Crippen molar-refractivity contribution in [2.75, 3.05) is 13.2 Å². The van der Waals surface area contributed by atoms with Crippen LogP contribution in [-0.4, -0.2) is 23.8 Å². The van der Waals surface area contributed by atoms with Gasteiger partial charge >= 0.3 is 0 Å². The molecule has 0 saturated carbocycles. The molecular weight excluding hydrogens is 220 g/mol. The van der Waals surface area contributed by atoms with Gasteiger partial charge in [-0.25, -0.2) is 0 Å². The van der Waals surface area contributed by atoms with Gasteiger partial charge in [-0.3, -0.25) is 0 Å². The third-order valence-electron chi connectivity index (χ3n) is 2.15. The first-order chi connectivity index (χ1) is 5.77. The van der Waals surface area contributed by atoms with Gasteiger partial charge in [-0.15, -0.1) is 0 Å². The van der Waals surface area contributed by atoms with Crippen molar-refractivity contribution in [3.8, 4) is 0 Å². The normalized spacial score (nSPS) is 29.5. The summed E-state index contributed by atoms with van der Waals surface area (Å²) >= 11 is 3.40. The minimum Gasteiger partial charge on any atom is -0.378 e. The van der Waals surface area contributed by atoms with Crippen LogP contribution in [0.1, 0.15) is 6.04 Å². The van der Waals surface area contributed by atoms with Crippen molar-refractivity contribution in [2.24, 2.45) is 5.73 Å². The van der Waals surface area contributed by atoms with E-state index in [0.29, 0.717) is 12.6 Å². The highest BCUT2D eigenvalue weighted by Crippen LogP contribution is 2.20. The summed E-state index contributed by atoms with van der Waals surface area (Å²) in [5.41, 5.74) is 5.86. The second kappa shape index (κ2) is 3.20. The van der Waals surface area contributed by atoms with Crippen LogP contribution < -0.4 is 5.73 Å². The van der Waals surface area contributed by atoms with Crippen LogP contribution in [0.4, 0.5) is 0 Å². The summed E-state index contributed by atoms with van der Waals surface area (Å²) in [5.74, 6) is 0. The molecule has 2 heterocycles. The number of hydrogen-bond donors (Lipinski definition) is 1. The molecule has 0 amide bonds. The molecule has 0 aliphatic carbocycles. The summed E-state index contributed by atoms with van der Waals surface area (Å²) in [7, 11) is 0. The Hall–Kier alpha value is -0.320. The van der Waals surface area contributed by atoms with E-state index in [4.69, 9.17) is 10.5 Å². The molecule has 4 heteroatoms. The SMILES string of the molecule is N[C@H]1COC[C@H]1n1ccc(Br)c1. The maximum Gasteiger partial charge on any atom is 0.0738 e. The topological polar surface area (TPSA) is 40.2 Å². The van der Waals surface area contributed by atoms with Crippen LogP contribution in [0.15, 0.2) is 22.9 Å². The summed E-state index contributed by atoms with van der Waals surface area (Å²) < 4.78 is 8.46. The molecular formula is C8H11BrN2O. The van der Waals surface area contributed by atoms with Gasteiger partial charge in [-0.1, -0.05) is 0 Å². The van der Waals surface area contributed by atoms with Crippen LogP contribution in [0.5, 0.6) is 0 Å². The van der Waals surface area contributed by atoms with E-state index in [0.717, 1.165) is 11.1 Å². The molecule has 2 rings (SSSR count). The molecule has 2 atom stereocenters. The number of halogens is 1. The molecule has 1 aromatic rings. The van der Waals surface area contributed by atoms with Crippen LogP contribution in [0.2, 0.25) is 0 Å². The van der Waals surface area contributed by atoms with Gasteiger partial charge in [0.05, 0.1) is 25.3 Å². The molecule has 1 aromatic heterocycles. The molecule has 1 saturated heterocycles. The van der Waals surface area contributed by atoms with Crippen LogP contribution >= 0.6 is 15.9 Å². The second-order valence-corrected chi connectivity index (χ2v) is 3.96. The summed E-state index contributed by atoms with van der Waals surface area (Å²) in [5, 5.41) is 0. The average Bonchev–Trinajstić information content (AvgIpc) is 2.58. The maximum absolute atomic E-state index is 5.86. The quantitative estimate of drug-likeness (QED) is 0.787. The van der Waals surface area contributed by atoms with Crippen LogP contribution in [-0.2, 0) is 4.74 Å². The molecule has 1 fully saturated rings. The standard InChI is InChI=1S/C8H11BrN2O/c9-6-1-2-11(3-6)8-5-12-4-7(8)10/h1-3,7-8H,4-5,10H2/t7-,8+/m0/s1. The predicted molar refractivity (Wildman–Crippen MR) is 50.0 cm³/mol. The largest absolute Gasteiger partial charge is 0.378 e. The highest BCUT2D eigenvalue weighted by molar-refractivity contribution is 9.10. The highest BCUT2D eigenvalue weighted by atomic mass is 79.9. The fourth-order valence-corrected chi connectivity index (χ4v) is 1.81. The first kappa shape index (κ1) is 8.29. The van der Waals surface area contributed by atoms with E-state index in [-0.39, 0.29) is 6.04 Å². The number of aromatic nitrogens is 1. The zero-order valence-corrected chi connectivity index (χ0v) is 8.20. The number of hydrogen-bond acceptors (Lipinski definition) is 2. The maximum atomic E-state index is 5.86. The van der Waals surface area contributed by atoms with Crippen molar-refractivity contribution in [1.29, 1.82) is 0 Å². The van der Waals surface area contributed by atoms with Crippen molar-refractivity contribution < 1.29 is 4.74 Å². The Morgan fingerprint density at radius 3 is 2.92 bits per heavy atom. The molecule has 12 heavy (non-hydrogen) atoms. The van der Waals surface area contributed by atoms with Crippen molar-refractivity contribution in [1.82, 2.24) is 4.57 Å². The van der Waals surface area contributed by atoms with Crippen molar-refractivity contribution in [3.63, 3.8) is 0 Å². The van der Waals surface area contributed by atoms with Crippen LogP contribution in [0.25, 0.3) is 0 Å². The summed E-state index contributed by atoms with van der Waals surface area (Å²) in [6.07, 6.45) is 4.04. The van der Waals surface area contributed by atoms with E-state index in [9.17, 15) is 0 Å². The van der Waals surface area contributed by atoms with Crippen molar-refractivity contribution in [2.45, 2.75) is 12.1 Å². The van der Waals surface area contributed by atoms with Gasteiger partial charge in [0.15, 0.2) is 0 Å². The zero-order chi connectivity index (χ0) is 8.55. The number of rotatable bonds is 1. The molecule has 0 aromatic carbocycles. The highest BCUT2D eigenvalue weighted by Gasteiger charge is 2.25. The minimum atomic E-state index is 0.129. The predicted octanol–water partition coefficient (Wildman–Crippen LogP) is 1.15. The lowest BCUT2D eigenvalue weighted by Crippen LogP contribution is -2.30. The van der Waals surface area contributed by atoms with E-state index in [1.807, 2.05) is 18.5 Å². The van der Waals surface area contributed by atoms with E-state index in [2.05, 4.69) is 20.5 Å². The summed E-state index contributed by atoms with van der Waals surface area (Å²) in [4.78, 5) is 0. The Morgan fingerprint density at radius 1 is 1.58 bits per heavy atom. The Bertz CT molecular complexity index is 274. The summed E-state index contributed by atoms with van der Waals surface area (Å²) in [6, 6.07) is 2.44. The Morgan fingerprint density at radius 2 is 2.42 bits per heavy atom. The van der Waals surface area contributed by atoms with Crippen LogP contribution in [0.3, 0.4) is 0 Å². The lowest BCUT2D eigenvalue weighted by molar-refractivity contribution is 0.185. The Kier molecular flexibility index (Phi) is 2.21. The van der Waals surface area contributed by atoms with E-state index in [1.54, 1.807) is 0 Å². The Labute approximate surface area is 79.6 Å². The minimum absolute atomic E-state index is 0.129. The molecule has 0 unspecified atom stereocenters. The molecule has 66 valence electrons. The fraction of sp³-hybridized carbons (Fsp3) is 0.500. The molecule has 3 nitrogen and oxygen atoms in total. The lowest BCUT2D eigenvalue weighted by atomic mass is 10.2.